The number of rotatable bonds is 1. The molecule has 6 heteroatoms. The van der Waals surface area contributed by atoms with Crippen LogP contribution in [0.25, 0.3) is 11.3 Å². The first kappa shape index (κ1) is 14.6. The molecular formula is C12H11ClO5. The van der Waals surface area contributed by atoms with Crippen LogP contribution in [0.1, 0.15) is 5.56 Å². The molecule has 2 aromatic rings. The van der Waals surface area contributed by atoms with Crippen molar-refractivity contribution in [3.05, 3.63) is 54.3 Å². The van der Waals surface area contributed by atoms with Gasteiger partial charge in [-0.25, -0.2) is 23.1 Å². The number of halogens is 1. The SMILES string of the molecule is Cc1ccc(-c2ccccc2)[o+]c1.[O-][Cl+3]([O-])([O-])[O-]. The maximum atomic E-state index is 8.49. The second-order valence-corrected chi connectivity index (χ2v) is 4.18. The van der Waals surface area contributed by atoms with E-state index in [1.54, 1.807) is 6.26 Å². The summed E-state index contributed by atoms with van der Waals surface area (Å²) in [6, 6.07) is 14.1. The maximum absolute atomic E-state index is 8.49. The van der Waals surface area contributed by atoms with E-state index in [1.807, 2.05) is 49.4 Å². The molecular weight excluding hydrogens is 260 g/mol. The lowest BCUT2D eigenvalue weighted by molar-refractivity contribution is -2.00. The number of aryl methyl sites for hydroxylation is 1. The van der Waals surface area contributed by atoms with Crippen LogP contribution in [0, 0.1) is 17.2 Å². The van der Waals surface area contributed by atoms with E-state index in [0.717, 1.165) is 16.9 Å². The highest BCUT2D eigenvalue weighted by Gasteiger charge is 2.08. The molecule has 0 aliphatic carbocycles. The molecule has 0 aliphatic rings. The molecule has 0 saturated heterocycles. The summed E-state index contributed by atoms with van der Waals surface area (Å²) in [5.74, 6) is 0.909. The monoisotopic (exact) mass is 270 g/mol. The fraction of sp³-hybridized carbons (Fsp3) is 0.0833. The number of hydrogen-bond acceptors (Lipinski definition) is 4. The van der Waals surface area contributed by atoms with Gasteiger partial charge in [0.15, 0.2) is 0 Å². The van der Waals surface area contributed by atoms with E-state index in [0.29, 0.717) is 0 Å². The Morgan fingerprint density at radius 2 is 1.44 bits per heavy atom. The van der Waals surface area contributed by atoms with Crippen molar-refractivity contribution in [3.8, 4) is 11.3 Å². The molecule has 0 bridgehead atoms. The maximum Gasteiger partial charge on any atom is 0.359 e. The van der Waals surface area contributed by atoms with Crippen LogP contribution in [0.3, 0.4) is 0 Å². The average molecular weight is 271 g/mol. The van der Waals surface area contributed by atoms with E-state index in [9.17, 15) is 0 Å². The van der Waals surface area contributed by atoms with Crippen molar-refractivity contribution in [2.75, 3.05) is 0 Å². The fourth-order valence-electron chi connectivity index (χ4n) is 1.21. The van der Waals surface area contributed by atoms with E-state index in [4.69, 9.17) is 23.1 Å². The second kappa shape index (κ2) is 6.44. The van der Waals surface area contributed by atoms with Crippen LogP contribution >= 0.6 is 0 Å². The molecule has 1 aromatic heterocycles. The minimum atomic E-state index is -4.94. The third-order valence-electron chi connectivity index (χ3n) is 1.93. The van der Waals surface area contributed by atoms with Crippen LogP contribution in [0.2, 0.25) is 0 Å². The first-order valence-corrected chi connectivity index (χ1v) is 6.15. The van der Waals surface area contributed by atoms with E-state index < -0.39 is 10.2 Å². The summed E-state index contributed by atoms with van der Waals surface area (Å²) in [6.07, 6.45) is 1.77. The standard InChI is InChI=1S/C12H11O.ClHO4/c1-10-7-8-12(13-9-10)11-5-3-2-4-6-11;2-1(3,4)5/h2-9H,1H3;(H,2,3,4,5)/q+1;/p-1. The van der Waals surface area contributed by atoms with E-state index >= 15 is 0 Å². The first-order valence-electron chi connectivity index (χ1n) is 4.92. The minimum Gasteiger partial charge on any atom is -0.222 e. The Morgan fingerprint density at radius 3 is 1.89 bits per heavy atom. The second-order valence-electron chi connectivity index (χ2n) is 3.42. The van der Waals surface area contributed by atoms with Crippen LogP contribution in [0.4, 0.5) is 0 Å². The topological polar surface area (TPSA) is 104 Å². The van der Waals surface area contributed by atoms with Gasteiger partial charge in [-0.3, -0.25) is 0 Å². The van der Waals surface area contributed by atoms with Crippen molar-refractivity contribution in [2.45, 2.75) is 6.92 Å². The number of benzene rings is 1. The Balaban J connectivity index is 0.000000280. The summed E-state index contributed by atoms with van der Waals surface area (Å²) >= 11 is 0. The molecule has 0 saturated carbocycles. The molecule has 0 amide bonds. The van der Waals surface area contributed by atoms with E-state index in [-0.39, 0.29) is 0 Å². The van der Waals surface area contributed by atoms with Crippen LogP contribution in [-0.2, 0) is 0 Å². The molecule has 0 aliphatic heterocycles. The van der Waals surface area contributed by atoms with Gasteiger partial charge in [0.05, 0.1) is 5.56 Å². The highest BCUT2D eigenvalue weighted by atomic mass is 35.7. The fourth-order valence-corrected chi connectivity index (χ4v) is 1.21. The Bertz CT molecular complexity index is 458. The quantitative estimate of drug-likeness (QED) is 0.604. The van der Waals surface area contributed by atoms with Gasteiger partial charge in [-0.2, -0.15) is 0 Å². The smallest absolute Gasteiger partial charge is 0.222 e. The van der Waals surface area contributed by atoms with Gasteiger partial charge < -0.3 is 0 Å². The molecule has 18 heavy (non-hydrogen) atoms. The minimum absolute atomic E-state index is 0.909. The van der Waals surface area contributed by atoms with Crippen LogP contribution < -0.4 is 18.6 Å². The van der Waals surface area contributed by atoms with Gasteiger partial charge in [0.2, 0.25) is 0 Å². The largest absolute Gasteiger partial charge is 0.359 e. The zero-order chi connectivity index (χ0) is 13.6. The van der Waals surface area contributed by atoms with Gasteiger partial charge in [0.25, 0.3) is 0 Å². The van der Waals surface area contributed by atoms with Gasteiger partial charge in [-0.1, -0.05) is 18.2 Å². The Hall–Kier alpha value is -1.50. The summed E-state index contributed by atoms with van der Waals surface area (Å²) in [5.41, 5.74) is 2.25. The van der Waals surface area contributed by atoms with Crippen molar-refractivity contribution >= 4 is 0 Å². The third kappa shape index (κ3) is 6.29. The molecule has 0 fully saturated rings. The zero-order valence-electron chi connectivity index (χ0n) is 9.54. The highest BCUT2D eigenvalue weighted by molar-refractivity contribution is 5.56. The predicted molar refractivity (Wildman–Crippen MR) is 53.3 cm³/mol. The van der Waals surface area contributed by atoms with E-state index in [1.165, 1.54) is 0 Å². The Kier molecular flexibility index (Phi) is 5.21. The predicted octanol–water partition coefficient (Wildman–Crippen LogP) is -1.22. The average Bonchev–Trinajstić information content (AvgIpc) is 2.29. The zero-order valence-corrected chi connectivity index (χ0v) is 10.3. The molecule has 0 unspecified atom stereocenters. The normalized spacial score (nSPS) is 10.5. The molecule has 0 spiro atoms. The molecule has 0 atom stereocenters. The molecule has 5 nitrogen and oxygen atoms in total. The van der Waals surface area contributed by atoms with Gasteiger partial charge in [-0.05, 0) is 25.1 Å². The van der Waals surface area contributed by atoms with Crippen LogP contribution in [-0.4, -0.2) is 0 Å². The van der Waals surface area contributed by atoms with E-state index in [2.05, 4.69) is 0 Å². The van der Waals surface area contributed by atoms with Crippen LogP contribution in [0.5, 0.6) is 0 Å². The molecule has 0 radical (unpaired) electrons. The van der Waals surface area contributed by atoms with Crippen molar-refractivity contribution in [2.24, 2.45) is 0 Å². The van der Waals surface area contributed by atoms with Crippen molar-refractivity contribution in [3.63, 3.8) is 0 Å². The lowest BCUT2D eigenvalue weighted by Crippen LogP contribution is -2.68. The van der Waals surface area contributed by atoms with Crippen molar-refractivity contribution < 1.29 is 33.3 Å². The van der Waals surface area contributed by atoms with Crippen molar-refractivity contribution in [1.82, 2.24) is 0 Å². The summed E-state index contributed by atoms with van der Waals surface area (Å²) in [4.78, 5) is 0. The number of hydrogen-bond donors (Lipinski definition) is 0. The molecule has 0 N–H and O–H groups in total. The lowest BCUT2D eigenvalue weighted by atomic mass is 10.1. The van der Waals surface area contributed by atoms with Crippen LogP contribution in [0.15, 0.2) is 53.1 Å². The van der Waals surface area contributed by atoms with Crippen molar-refractivity contribution in [1.29, 1.82) is 0 Å². The molecule has 96 valence electrons. The summed E-state index contributed by atoms with van der Waals surface area (Å²) in [7, 11) is -4.94. The Labute approximate surface area is 106 Å². The molecule has 2 rings (SSSR count). The first-order chi connectivity index (χ1) is 8.36. The third-order valence-corrected chi connectivity index (χ3v) is 1.93. The van der Waals surface area contributed by atoms with Gasteiger partial charge in [0.1, 0.15) is 0 Å². The van der Waals surface area contributed by atoms with Gasteiger partial charge in [0, 0.05) is 11.6 Å². The molecule has 1 aromatic carbocycles. The highest BCUT2D eigenvalue weighted by Crippen LogP contribution is 2.18. The Morgan fingerprint density at radius 1 is 0.889 bits per heavy atom. The summed E-state index contributed by atoms with van der Waals surface area (Å²) in [6.45, 7) is 2.01. The lowest BCUT2D eigenvalue weighted by Gasteiger charge is -2.17. The summed E-state index contributed by atoms with van der Waals surface area (Å²) < 4.78 is 39.4. The molecule has 1 heterocycles. The van der Waals surface area contributed by atoms with Gasteiger partial charge >= 0.3 is 12.0 Å². The van der Waals surface area contributed by atoms with Gasteiger partial charge in [-0.15, -0.1) is 10.2 Å². The summed E-state index contributed by atoms with van der Waals surface area (Å²) in [5, 5.41) is 0.